The lowest BCUT2D eigenvalue weighted by atomic mass is 10.0. The number of nitrogens with zero attached hydrogens (tertiary/aromatic N) is 1. The lowest BCUT2D eigenvalue weighted by Gasteiger charge is -2.34. The van der Waals surface area contributed by atoms with Crippen molar-refractivity contribution in [2.24, 2.45) is 5.92 Å². The number of hydrogen-bond acceptors (Lipinski definition) is 5. The van der Waals surface area contributed by atoms with Gasteiger partial charge in [0.2, 0.25) is 15.9 Å². The molecule has 1 N–H and O–H groups in total. The summed E-state index contributed by atoms with van der Waals surface area (Å²) in [6.07, 6.45) is 1.81. The Morgan fingerprint density at radius 2 is 1.70 bits per heavy atom. The van der Waals surface area contributed by atoms with Gasteiger partial charge in [-0.25, -0.2) is 21.2 Å². The van der Waals surface area contributed by atoms with Gasteiger partial charge in [0, 0.05) is 19.3 Å². The van der Waals surface area contributed by atoms with Gasteiger partial charge >= 0.3 is 0 Å². The minimum atomic E-state index is -4.22. The molecule has 1 aromatic carbocycles. The number of likely N-dealkylation sites (tertiary alicyclic amines) is 1. The Balaban J connectivity index is 2.16. The lowest BCUT2D eigenvalue weighted by Crippen LogP contribution is -2.53. The molecule has 10 heteroatoms. The van der Waals surface area contributed by atoms with Crippen LogP contribution in [0, 0.1) is 11.7 Å². The Labute approximate surface area is 159 Å². The molecule has 0 radical (unpaired) electrons. The first-order valence-corrected chi connectivity index (χ1v) is 12.1. The first kappa shape index (κ1) is 21.8. The molecule has 0 saturated carbocycles. The van der Waals surface area contributed by atoms with Gasteiger partial charge in [0.15, 0.2) is 0 Å². The zero-order valence-electron chi connectivity index (χ0n) is 15.6. The largest absolute Gasteiger partial charge is 0.341 e. The maximum absolute atomic E-state index is 13.9. The molecule has 0 spiro atoms. The number of amides is 1. The van der Waals surface area contributed by atoms with Crippen LogP contribution in [0.1, 0.15) is 26.7 Å². The first-order chi connectivity index (χ1) is 12.4. The van der Waals surface area contributed by atoms with Crippen molar-refractivity contribution in [1.82, 2.24) is 9.62 Å². The summed E-state index contributed by atoms with van der Waals surface area (Å²) in [5.41, 5.74) is 0. The highest BCUT2D eigenvalue weighted by Crippen LogP contribution is 2.20. The third-order valence-corrected chi connectivity index (χ3v) is 7.86. The highest BCUT2D eigenvalue weighted by Gasteiger charge is 2.35. The van der Waals surface area contributed by atoms with Crippen LogP contribution in [-0.2, 0) is 24.7 Å². The number of piperidine rings is 1. The third-order valence-electron chi connectivity index (χ3n) is 4.70. The molecule has 2 rings (SSSR count). The van der Waals surface area contributed by atoms with E-state index < -0.39 is 47.8 Å². The fraction of sp³-hybridized carbons (Fsp3) is 0.588. The van der Waals surface area contributed by atoms with E-state index >= 15 is 0 Å². The van der Waals surface area contributed by atoms with Crippen LogP contribution in [0.3, 0.4) is 0 Å². The van der Waals surface area contributed by atoms with E-state index in [1.54, 1.807) is 13.8 Å². The molecule has 1 saturated heterocycles. The highest BCUT2D eigenvalue weighted by molar-refractivity contribution is 7.91. The summed E-state index contributed by atoms with van der Waals surface area (Å²) in [7, 11) is -7.39. The smallest absolute Gasteiger partial charge is 0.244 e. The maximum atomic E-state index is 13.9. The predicted molar refractivity (Wildman–Crippen MR) is 99.8 cm³/mol. The quantitative estimate of drug-likeness (QED) is 0.744. The van der Waals surface area contributed by atoms with E-state index in [0.29, 0.717) is 12.8 Å². The van der Waals surface area contributed by atoms with Gasteiger partial charge in [-0.15, -0.1) is 0 Å². The maximum Gasteiger partial charge on any atom is 0.244 e. The van der Waals surface area contributed by atoms with Gasteiger partial charge in [-0.3, -0.25) is 4.79 Å². The standard InChI is InChI=1S/C17H25FN2O5S2/c1-12(2)16(19-27(24,25)15-7-5-4-6-14(15)18)17(21)20-10-8-13(9-11-20)26(3,22)23/h4-7,12-13,16,19H,8-11H2,1-3H3. The molecule has 1 heterocycles. The molecule has 1 aliphatic heterocycles. The Bertz CT molecular complexity index is 892. The minimum absolute atomic E-state index is 0.237. The first-order valence-electron chi connectivity index (χ1n) is 8.68. The summed E-state index contributed by atoms with van der Waals surface area (Å²) in [5, 5.41) is -0.492. The molecule has 7 nitrogen and oxygen atoms in total. The molecule has 1 aliphatic rings. The van der Waals surface area contributed by atoms with Crippen molar-refractivity contribution in [1.29, 1.82) is 0 Å². The van der Waals surface area contributed by atoms with E-state index in [2.05, 4.69) is 4.72 Å². The van der Waals surface area contributed by atoms with Crippen LogP contribution in [-0.4, -0.2) is 58.3 Å². The monoisotopic (exact) mass is 420 g/mol. The Morgan fingerprint density at radius 3 is 2.19 bits per heavy atom. The molecule has 0 aliphatic carbocycles. The van der Waals surface area contributed by atoms with Crippen molar-refractivity contribution >= 4 is 25.8 Å². The number of sulfone groups is 1. The van der Waals surface area contributed by atoms with Gasteiger partial charge in [0.1, 0.15) is 26.6 Å². The third kappa shape index (κ3) is 5.26. The molecular formula is C17H25FN2O5S2. The van der Waals surface area contributed by atoms with Crippen LogP contribution < -0.4 is 4.72 Å². The van der Waals surface area contributed by atoms with E-state index in [0.717, 1.165) is 12.1 Å². The molecule has 1 fully saturated rings. The van der Waals surface area contributed by atoms with Gasteiger partial charge in [-0.2, -0.15) is 4.72 Å². The number of sulfonamides is 1. The van der Waals surface area contributed by atoms with Crippen molar-refractivity contribution in [2.45, 2.75) is 42.9 Å². The van der Waals surface area contributed by atoms with E-state index in [9.17, 15) is 26.0 Å². The summed E-state index contributed by atoms with van der Waals surface area (Å²) >= 11 is 0. The fourth-order valence-corrected chi connectivity index (χ4v) is 5.55. The number of hydrogen-bond donors (Lipinski definition) is 1. The van der Waals surface area contributed by atoms with Crippen LogP contribution in [0.5, 0.6) is 0 Å². The molecule has 1 atom stereocenters. The average molecular weight is 421 g/mol. The molecular weight excluding hydrogens is 395 g/mol. The van der Waals surface area contributed by atoms with Crippen molar-refractivity contribution < 1.29 is 26.0 Å². The number of carbonyl (C=O) groups is 1. The normalized spacial score (nSPS) is 17.9. The highest BCUT2D eigenvalue weighted by atomic mass is 32.2. The van der Waals surface area contributed by atoms with E-state index in [1.165, 1.54) is 23.3 Å². The van der Waals surface area contributed by atoms with Gasteiger partial charge in [-0.1, -0.05) is 26.0 Å². The van der Waals surface area contributed by atoms with Gasteiger partial charge in [-0.05, 0) is 30.9 Å². The second kappa shape index (κ2) is 8.24. The number of rotatable bonds is 6. The molecule has 1 amide bonds. The molecule has 0 aromatic heterocycles. The fourth-order valence-electron chi connectivity index (χ4n) is 3.07. The number of halogens is 1. The lowest BCUT2D eigenvalue weighted by molar-refractivity contribution is -0.134. The Morgan fingerprint density at radius 1 is 1.15 bits per heavy atom. The zero-order chi connectivity index (χ0) is 20.4. The van der Waals surface area contributed by atoms with Crippen LogP contribution in [0.15, 0.2) is 29.2 Å². The van der Waals surface area contributed by atoms with Crippen molar-refractivity contribution in [2.75, 3.05) is 19.3 Å². The van der Waals surface area contributed by atoms with Crippen LogP contribution in [0.25, 0.3) is 0 Å². The zero-order valence-corrected chi connectivity index (χ0v) is 17.2. The molecule has 1 aromatic rings. The summed E-state index contributed by atoms with van der Waals surface area (Å²) in [6.45, 7) is 3.85. The summed E-state index contributed by atoms with van der Waals surface area (Å²) < 4.78 is 64.6. The summed E-state index contributed by atoms with van der Waals surface area (Å²) in [4.78, 5) is 13.8. The van der Waals surface area contributed by atoms with Crippen molar-refractivity contribution in [3.63, 3.8) is 0 Å². The minimum Gasteiger partial charge on any atom is -0.341 e. The van der Waals surface area contributed by atoms with Crippen molar-refractivity contribution in [3.05, 3.63) is 30.1 Å². The molecule has 27 heavy (non-hydrogen) atoms. The van der Waals surface area contributed by atoms with Gasteiger partial charge in [0.05, 0.1) is 5.25 Å². The van der Waals surface area contributed by atoms with Crippen LogP contribution >= 0.6 is 0 Å². The summed E-state index contributed by atoms with van der Waals surface area (Å²) in [5.74, 6) is -1.70. The summed E-state index contributed by atoms with van der Waals surface area (Å²) in [6, 6.07) is 3.89. The Kier molecular flexibility index (Phi) is 6.64. The second-order valence-corrected chi connectivity index (χ2v) is 11.1. The van der Waals surface area contributed by atoms with Crippen molar-refractivity contribution in [3.8, 4) is 0 Å². The second-order valence-electron chi connectivity index (χ2n) is 7.13. The van der Waals surface area contributed by atoms with E-state index in [1.807, 2.05) is 0 Å². The van der Waals surface area contributed by atoms with Gasteiger partial charge in [0.25, 0.3) is 0 Å². The van der Waals surface area contributed by atoms with Gasteiger partial charge < -0.3 is 4.90 Å². The number of nitrogens with one attached hydrogen (secondary N) is 1. The number of benzene rings is 1. The van der Waals surface area contributed by atoms with Crippen LogP contribution in [0.4, 0.5) is 4.39 Å². The van der Waals surface area contributed by atoms with Crippen LogP contribution in [0.2, 0.25) is 0 Å². The molecule has 1 unspecified atom stereocenters. The average Bonchev–Trinajstić information content (AvgIpc) is 2.58. The topological polar surface area (TPSA) is 101 Å². The van der Waals surface area contributed by atoms with E-state index in [4.69, 9.17) is 0 Å². The van der Waals surface area contributed by atoms with E-state index in [-0.39, 0.29) is 19.0 Å². The number of carbonyl (C=O) groups excluding carboxylic acids is 1. The predicted octanol–water partition coefficient (Wildman–Crippen LogP) is 1.16. The SMILES string of the molecule is CC(C)C(NS(=O)(=O)c1ccccc1F)C(=O)N1CCC(S(C)(=O)=O)CC1. The molecule has 0 bridgehead atoms. The molecule has 152 valence electrons. The Hall–Kier alpha value is -1.52.